The van der Waals surface area contributed by atoms with Crippen molar-refractivity contribution >= 4 is 11.7 Å². The number of ether oxygens (including phenoxy) is 2. The van der Waals surface area contributed by atoms with E-state index in [-0.39, 0.29) is 24.5 Å². The minimum atomic E-state index is 0.0196. The van der Waals surface area contributed by atoms with Crippen molar-refractivity contribution < 1.29 is 19.1 Å². The maximum absolute atomic E-state index is 12.8. The van der Waals surface area contributed by atoms with Gasteiger partial charge in [-0.25, -0.2) is 0 Å². The molecule has 0 radical (unpaired) electrons. The van der Waals surface area contributed by atoms with Crippen molar-refractivity contribution in [2.45, 2.75) is 53.5 Å². The van der Waals surface area contributed by atoms with Crippen LogP contribution in [0.25, 0.3) is 0 Å². The molecule has 3 rings (SSSR count). The fourth-order valence-electron chi connectivity index (χ4n) is 3.86. The van der Waals surface area contributed by atoms with Gasteiger partial charge in [0.1, 0.15) is 0 Å². The van der Waals surface area contributed by atoms with Crippen molar-refractivity contribution in [2.75, 3.05) is 19.8 Å². The van der Waals surface area contributed by atoms with Crippen LogP contribution in [0.15, 0.2) is 30.3 Å². The van der Waals surface area contributed by atoms with Gasteiger partial charge in [0.2, 0.25) is 5.91 Å². The molecule has 1 aliphatic rings. The Morgan fingerprint density at radius 1 is 0.933 bits per heavy atom. The van der Waals surface area contributed by atoms with Gasteiger partial charge in [-0.2, -0.15) is 0 Å². The smallest absolute Gasteiger partial charge is 0.223 e. The highest BCUT2D eigenvalue weighted by Crippen LogP contribution is 2.34. The summed E-state index contributed by atoms with van der Waals surface area (Å²) in [6.07, 6.45) is 1.25. The minimum Gasteiger partial charge on any atom is -0.490 e. The van der Waals surface area contributed by atoms with Crippen LogP contribution in [-0.4, -0.2) is 36.3 Å². The predicted octanol–water partition coefficient (Wildman–Crippen LogP) is 4.65. The standard InChI is InChI=1S/C25H31NO4/c1-5-29-23-14-19-11-12-26(16-20(19)15-24(23)30-6-2)25(28)10-9-22(27)21-13-17(3)7-8-18(21)4/h7-8,13-15H,5-6,9-12,16H2,1-4H3. The van der Waals surface area contributed by atoms with Crippen LogP contribution < -0.4 is 9.47 Å². The van der Waals surface area contributed by atoms with Crippen LogP contribution in [-0.2, 0) is 17.8 Å². The molecule has 160 valence electrons. The van der Waals surface area contributed by atoms with Crippen molar-refractivity contribution in [1.29, 1.82) is 0 Å². The lowest BCUT2D eigenvalue weighted by atomic mass is 9.97. The highest BCUT2D eigenvalue weighted by molar-refractivity contribution is 5.99. The summed E-state index contributed by atoms with van der Waals surface area (Å²) < 4.78 is 11.4. The summed E-state index contributed by atoms with van der Waals surface area (Å²) in [7, 11) is 0. The van der Waals surface area contributed by atoms with E-state index in [1.54, 1.807) is 0 Å². The summed E-state index contributed by atoms with van der Waals surface area (Å²) in [5.41, 5.74) is 5.01. The maximum atomic E-state index is 12.8. The van der Waals surface area contributed by atoms with E-state index in [0.29, 0.717) is 26.3 Å². The van der Waals surface area contributed by atoms with Gasteiger partial charge in [-0.3, -0.25) is 9.59 Å². The molecule has 0 atom stereocenters. The normalized spacial score (nSPS) is 13.0. The van der Waals surface area contributed by atoms with Crippen LogP contribution in [0.3, 0.4) is 0 Å². The number of Topliss-reactive ketones (excluding diaryl/α,β-unsaturated/α-hetero) is 1. The zero-order valence-corrected chi connectivity index (χ0v) is 18.4. The highest BCUT2D eigenvalue weighted by atomic mass is 16.5. The number of nitrogens with zero attached hydrogens (tertiary/aromatic N) is 1. The second-order valence-electron chi connectivity index (χ2n) is 7.74. The van der Waals surface area contributed by atoms with Crippen molar-refractivity contribution in [2.24, 2.45) is 0 Å². The molecule has 1 amide bonds. The molecular formula is C25H31NO4. The Bertz CT molecular complexity index is 935. The van der Waals surface area contributed by atoms with Crippen molar-refractivity contribution in [1.82, 2.24) is 4.90 Å². The highest BCUT2D eigenvalue weighted by Gasteiger charge is 2.23. The van der Waals surface area contributed by atoms with E-state index < -0.39 is 0 Å². The maximum Gasteiger partial charge on any atom is 0.223 e. The first kappa shape index (κ1) is 21.9. The predicted molar refractivity (Wildman–Crippen MR) is 117 cm³/mol. The Hall–Kier alpha value is -2.82. The zero-order valence-electron chi connectivity index (χ0n) is 18.4. The van der Waals surface area contributed by atoms with Gasteiger partial charge in [-0.05, 0) is 69.0 Å². The molecule has 0 fully saturated rings. The number of hydrogen-bond donors (Lipinski definition) is 0. The first-order valence-corrected chi connectivity index (χ1v) is 10.7. The molecule has 0 N–H and O–H groups in total. The first-order valence-electron chi connectivity index (χ1n) is 10.7. The number of ketones is 1. The fourth-order valence-corrected chi connectivity index (χ4v) is 3.86. The molecule has 5 nitrogen and oxygen atoms in total. The summed E-state index contributed by atoms with van der Waals surface area (Å²) >= 11 is 0. The molecule has 2 aromatic carbocycles. The van der Waals surface area contributed by atoms with Crippen molar-refractivity contribution in [3.63, 3.8) is 0 Å². The van der Waals surface area contributed by atoms with Gasteiger partial charge < -0.3 is 14.4 Å². The molecule has 2 aromatic rings. The van der Waals surface area contributed by atoms with Crippen LogP contribution in [0.1, 0.15) is 59.3 Å². The lowest BCUT2D eigenvalue weighted by molar-refractivity contribution is -0.132. The van der Waals surface area contributed by atoms with Crippen LogP contribution in [0, 0.1) is 13.8 Å². The quantitative estimate of drug-likeness (QED) is 0.596. The molecule has 0 saturated heterocycles. The fraction of sp³-hybridized carbons (Fsp3) is 0.440. The van der Waals surface area contributed by atoms with Gasteiger partial charge in [-0.1, -0.05) is 17.7 Å². The summed E-state index contributed by atoms with van der Waals surface area (Å²) in [4.78, 5) is 27.3. The monoisotopic (exact) mass is 409 g/mol. The molecule has 0 spiro atoms. The van der Waals surface area contributed by atoms with Crippen LogP contribution in [0.4, 0.5) is 0 Å². The third-order valence-corrected chi connectivity index (χ3v) is 5.49. The molecule has 30 heavy (non-hydrogen) atoms. The van der Waals surface area contributed by atoms with Crippen molar-refractivity contribution in [3.8, 4) is 11.5 Å². The number of carbonyl (C=O) groups excluding carboxylic acids is 2. The van der Waals surface area contributed by atoms with Gasteiger partial charge in [0.25, 0.3) is 0 Å². The Kier molecular flexibility index (Phi) is 7.14. The van der Waals surface area contributed by atoms with Crippen molar-refractivity contribution in [3.05, 3.63) is 58.1 Å². The van der Waals surface area contributed by atoms with Gasteiger partial charge >= 0.3 is 0 Å². The number of amides is 1. The molecule has 0 unspecified atom stereocenters. The van der Waals surface area contributed by atoms with Gasteiger partial charge in [0, 0.05) is 31.5 Å². The summed E-state index contributed by atoms with van der Waals surface area (Å²) in [6, 6.07) is 9.89. The Morgan fingerprint density at radius 3 is 2.27 bits per heavy atom. The zero-order chi connectivity index (χ0) is 21.7. The number of aryl methyl sites for hydroxylation is 2. The summed E-state index contributed by atoms with van der Waals surface area (Å²) in [5.74, 6) is 1.53. The third kappa shape index (κ3) is 5.02. The van der Waals surface area contributed by atoms with E-state index in [2.05, 4.69) is 0 Å². The second kappa shape index (κ2) is 9.79. The molecule has 0 bridgehead atoms. The molecule has 0 aliphatic carbocycles. The summed E-state index contributed by atoms with van der Waals surface area (Å²) in [5, 5.41) is 0. The molecule has 0 saturated carbocycles. The Morgan fingerprint density at radius 2 is 1.60 bits per heavy atom. The van der Waals surface area contributed by atoms with Crippen LogP contribution >= 0.6 is 0 Å². The number of rotatable bonds is 8. The van der Waals surface area contributed by atoms with Crippen LogP contribution in [0.2, 0.25) is 0 Å². The molecule has 1 heterocycles. The average molecular weight is 410 g/mol. The lowest BCUT2D eigenvalue weighted by Gasteiger charge is -2.30. The minimum absolute atomic E-state index is 0.0196. The van der Waals surface area contributed by atoms with E-state index in [0.717, 1.165) is 40.2 Å². The van der Waals surface area contributed by atoms with E-state index in [1.807, 2.05) is 62.9 Å². The second-order valence-corrected chi connectivity index (χ2v) is 7.74. The molecule has 0 aromatic heterocycles. The molecule has 1 aliphatic heterocycles. The van der Waals surface area contributed by atoms with Gasteiger partial charge in [-0.15, -0.1) is 0 Å². The Labute approximate surface area is 179 Å². The van der Waals surface area contributed by atoms with E-state index >= 15 is 0 Å². The topological polar surface area (TPSA) is 55.8 Å². The summed E-state index contributed by atoms with van der Waals surface area (Å²) in [6.45, 7) is 10.1. The van der Waals surface area contributed by atoms with Crippen LogP contribution in [0.5, 0.6) is 11.5 Å². The number of benzene rings is 2. The van der Waals surface area contributed by atoms with E-state index in [9.17, 15) is 9.59 Å². The Balaban J connectivity index is 1.66. The van der Waals surface area contributed by atoms with Gasteiger partial charge in [0.15, 0.2) is 17.3 Å². The first-order chi connectivity index (χ1) is 14.4. The van der Waals surface area contributed by atoms with E-state index in [4.69, 9.17) is 9.47 Å². The number of carbonyl (C=O) groups is 2. The molecule has 5 heteroatoms. The molecular weight excluding hydrogens is 378 g/mol. The number of hydrogen-bond acceptors (Lipinski definition) is 4. The largest absolute Gasteiger partial charge is 0.490 e. The number of fused-ring (bicyclic) bond motifs is 1. The van der Waals surface area contributed by atoms with Gasteiger partial charge in [0.05, 0.1) is 13.2 Å². The van der Waals surface area contributed by atoms with E-state index in [1.165, 1.54) is 5.56 Å². The lowest BCUT2D eigenvalue weighted by Crippen LogP contribution is -2.36. The third-order valence-electron chi connectivity index (χ3n) is 5.49. The average Bonchev–Trinajstić information content (AvgIpc) is 2.74. The SMILES string of the molecule is CCOc1cc2c(cc1OCC)CN(C(=O)CCC(=O)c1cc(C)ccc1C)CC2.